The summed E-state index contributed by atoms with van der Waals surface area (Å²) in [4.78, 5) is 12.2. The maximum Gasteiger partial charge on any atom is 0.220 e. The van der Waals surface area contributed by atoms with Crippen molar-refractivity contribution in [2.75, 3.05) is 13.2 Å². The molecule has 1 amide bonds. The zero-order chi connectivity index (χ0) is 24.7. The molecule has 9 atom stereocenters. The SMILES string of the molecule is C[C@H](CCC(=O)NCCOS(=O)(=O)[O-])[C@H]1CC[C@H]2[C@@H]3CC[C@@H]4C[C@H](O)CC[C@]4(C)[C@H]3CC[C@]12C. The maximum absolute atomic E-state index is 12.2. The van der Waals surface area contributed by atoms with E-state index in [1.807, 2.05) is 0 Å². The van der Waals surface area contributed by atoms with Crippen LogP contribution in [0.25, 0.3) is 0 Å². The number of rotatable bonds is 8. The summed E-state index contributed by atoms with van der Waals surface area (Å²) in [5.74, 6) is 4.07. The van der Waals surface area contributed by atoms with Gasteiger partial charge in [-0.1, -0.05) is 20.8 Å². The van der Waals surface area contributed by atoms with Gasteiger partial charge in [-0.3, -0.25) is 8.98 Å². The topological polar surface area (TPSA) is 116 Å². The van der Waals surface area contributed by atoms with Gasteiger partial charge in [0.15, 0.2) is 0 Å². The Bertz CT molecular complexity index is 848. The first kappa shape index (κ1) is 26.4. The van der Waals surface area contributed by atoms with Crippen molar-refractivity contribution in [3.8, 4) is 0 Å². The van der Waals surface area contributed by atoms with Crippen LogP contribution in [0.3, 0.4) is 0 Å². The van der Waals surface area contributed by atoms with Crippen molar-refractivity contribution in [3.63, 3.8) is 0 Å². The van der Waals surface area contributed by atoms with Crippen LogP contribution in [-0.4, -0.2) is 43.2 Å². The summed E-state index contributed by atoms with van der Waals surface area (Å²) in [7, 11) is -4.71. The van der Waals surface area contributed by atoms with Gasteiger partial charge in [0.1, 0.15) is 0 Å². The minimum Gasteiger partial charge on any atom is -0.726 e. The number of aliphatic hydroxyl groups is 1. The van der Waals surface area contributed by atoms with E-state index in [9.17, 15) is 22.9 Å². The summed E-state index contributed by atoms with van der Waals surface area (Å²) in [6.07, 6.45) is 12.1. The average molecular weight is 499 g/mol. The third-order valence-electron chi connectivity index (χ3n) is 10.9. The Balaban J connectivity index is 1.31. The lowest BCUT2D eigenvalue weighted by Gasteiger charge is -2.61. The Labute approximate surface area is 205 Å². The van der Waals surface area contributed by atoms with Gasteiger partial charge in [-0.05, 0) is 111 Å². The molecule has 0 unspecified atom stereocenters. The lowest BCUT2D eigenvalue weighted by atomic mass is 9.44. The summed E-state index contributed by atoms with van der Waals surface area (Å²) in [6.45, 7) is 7.07. The quantitative estimate of drug-likeness (QED) is 0.297. The molecule has 196 valence electrons. The van der Waals surface area contributed by atoms with Gasteiger partial charge < -0.3 is 15.0 Å². The molecule has 0 bridgehead atoms. The highest BCUT2D eigenvalue weighted by Gasteiger charge is 2.60. The monoisotopic (exact) mass is 498 g/mol. The highest BCUT2D eigenvalue weighted by molar-refractivity contribution is 7.80. The Morgan fingerprint density at radius 3 is 2.53 bits per heavy atom. The van der Waals surface area contributed by atoms with E-state index in [4.69, 9.17) is 0 Å². The highest BCUT2D eigenvalue weighted by Crippen LogP contribution is 2.68. The fraction of sp³-hybridized carbons (Fsp3) is 0.962. The second-order valence-corrected chi connectivity index (χ2v) is 13.5. The van der Waals surface area contributed by atoms with E-state index in [0.717, 1.165) is 37.0 Å². The summed E-state index contributed by atoms with van der Waals surface area (Å²) in [6, 6.07) is 0. The number of aliphatic hydroxyl groups excluding tert-OH is 1. The third-order valence-corrected chi connectivity index (χ3v) is 11.3. The Morgan fingerprint density at radius 2 is 1.79 bits per heavy atom. The molecule has 7 nitrogen and oxygen atoms in total. The van der Waals surface area contributed by atoms with E-state index in [2.05, 4.69) is 30.3 Å². The van der Waals surface area contributed by atoms with Gasteiger partial charge in [0.05, 0.1) is 12.7 Å². The Morgan fingerprint density at radius 1 is 1.09 bits per heavy atom. The predicted molar refractivity (Wildman–Crippen MR) is 128 cm³/mol. The van der Waals surface area contributed by atoms with E-state index in [-0.39, 0.29) is 25.2 Å². The molecule has 4 saturated carbocycles. The van der Waals surface area contributed by atoms with Crippen LogP contribution in [-0.2, 0) is 19.4 Å². The first-order valence-corrected chi connectivity index (χ1v) is 14.8. The minimum absolute atomic E-state index is 0.0256. The van der Waals surface area contributed by atoms with Crippen LogP contribution in [0.1, 0.15) is 91.4 Å². The van der Waals surface area contributed by atoms with Gasteiger partial charge in [-0.15, -0.1) is 0 Å². The molecular formula is C26H44NO6S-. The van der Waals surface area contributed by atoms with Gasteiger partial charge in [-0.2, -0.15) is 0 Å². The van der Waals surface area contributed by atoms with Gasteiger partial charge in [-0.25, -0.2) is 8.42 Å². The number of carbonyl (C=O) groups excluding carboxylic acids is 1. The molecular weight excluding hydrogens is 454 g/mol. The summed E-state index contributed by atoms with van der Waals surface area (Å²) in [5, 5.41) is 12.9. The number of nitrogens with one attached hydrogen (secondary N) is 1. The van der Waals surface area contributed by atoms with E-state index in [1.54, 1.807) is 0 Å². The van der Waals surface area contributed by atoms with Crippen molar-refractivity contribution < 1.29 is 27.1 Å². The summed E-state index contributed by atoms with van der Waals surface area (Å²) >= 11 is 0. The number of carbonyl (C=O) groups is 1. The number of hydrogen-bond donors (Lipinski definition) is 2. The van der Waals surface area contributed by atoms with Crippen LogP contribution in [0, 0.1) is 46.3 Å². The molecule has 0 aromatic rings. The lowest BCUT2D eigenvalue weighted by Crippen LogP contribution is -2.54. The number of hydrogen-bond acceptors (Lipinski definition) is 6. The van der Waals surface area contributed by atoms with E-state index in [1.165, 1.54) is 44.9 Å². The van der Waals surface area contributed by atoms with Crippen molar-refractivity contribution >= 4 is 16.3 Å². The van der Waals surface area contributed by atoms with Crippen LogP contribution in [0.2, 0.25) is 0 Å². The van der Waals surface area contributed by atoms with Crippen LogP contribution >= 0.6 is 0 Å². The molecule has 0 aromatic heterocycles. The zero-order valence-electron chi connectivity index (χ0n) is 21.1. The largest absolute Gasteiger partial charge is 0.726 e. The molecule has 0 aromatic carbocycles. The average Bonchev–Trinajstić information content (AvgIpc) is 3.12. The zero-order valence-corrected chi connectivity index (χ0v) is 21.9. The van der Waals surface area contributed by atoms with Crippen LogP contribution in [0.4, 0.5) is 0 Å². The molecule has 4 rings (SSSR count). The Kier molecular flexibility index (Phi) is 7.74. The van der Waals surface area contributed by atoms with Gasteiger partial charge in [0.2, 0.25) is 16.3 Å². The summed E-state index contributed by atoms with van der Waals surface area (Å²) in [5.41, 5.74) is 0.755. The molecule has 0 spiro atoms. The molecule has 0 heterocycles. The van der Waals surface area contributed by atoms with Crippen molar-refractivity contribution in [3.05, 3.63) is 0 Å². The molecule has 2 N–H and O–H groups in total. The van der Waals surface area contributed by atoms with E-state index < -0.39 is 10.4 Å². The molecule has 0 saturated heterocycles. The van der Waals surface area contributed by atoms with E-state index in [0.29, 0.717) is 35.0 Å². The minimum atomic E-state index is -4.71. The van der Waals surface area contributed by atoms with Gasteiger partial charge in [0, 0.05) is 13.0 Å². The second kappa shape index (κ2) is 9.98. The van der Waals surface area contributed by atoms with E-state index >= 15 is 0 Å². The van der Waals surface area contributed by atoms with Crippen molar-refractivity contribution in [2.24, 2.45) is 46.3 Å². The molecule has 4 fully saturated rings. The maximum atomic E-state index is 12.2. The highest BCUT2D eigenvalue weighted by atomic mass is 32.3. The molecule has 4 aliphatic rings. The molecule has 4 aliphatic carbocycles. The molecule has 0 aliphatic heterocycles. The molecule has 8 heteroatoms. The van der Waals surface area contributed by atoms with Crippen molar-refractivity contribution in [2.45, 2.75) is 97.5 Å². The summed E-state index contributed by atoms with van der Waals surface area (Å²) < 4.78 is 35.6. The standard InChI is InChI=1S/C26H45NO6S/c1-17(4-9-24(29)27-14-15-33-34(30,31)32)21-7-8-22-20-6-5-18-16-19(28)10-12-25(18,2)23(20)11-13-26(21,22)3/h17-23,28H,4-16H2,1-3H3,(H,27,29)(H,30,31,32)/p-1/t17-,18-,19-,20+,21-,22+,23+,25+,26-/m1/s1. The number of amides is 1. The fourth-order valence-electron chi connectivity index (χ4n) is 9.19. The molecule has 0 radical (unpaired) electrons. The third kappa shape index (κ3) is 5.21. The smallest absolute Gasteiger partial charge is 0.220 e. The Hall–Kier alpha value is -0.700. The first-order chi connectivity index (χ1) is 15.9. The van der Waals surface area contributed by atoms with Crippen molar-refractivity contribution in [1.82, 2.24) is 5.32 Å². The van der Waals surface area contributed by atoms with Crippen LogP contribution < -0.4 is 5.32 Å². The lowest BCUT2D eigenvalue weighted by molar-refractivity contribution is -0.129. The second-order valence-electron chi connectivity index (χ2n) is 12.4. The fourth-order valence-corrected chi connectivity index (χ4v) is 9.48. The molecule has 34 heavy (non-hydrogen) atoms. The van der Waals surface area contributed by atoms with Gasteiger partial charge in [0.25, 0.3) is 0 Å². The van der Waals surface area contributed by atoms with Crippen LogP contribution in [0.15, 0.2) is 0 Å². The first-order valence-electron chi connectivity index (χ1n) is 13.5. The van der Waals surface area contributed by atoms with Crippen molar-refractivity contribution in [1.29, 1.82) is 0 Å². The predicted octanol–water partition coefficient (Wildman–Crippen LogP) is 4.02. The normalized spacial score (nSPS) is 42.9. The van der Waals surface area contributed by atoms with Gasteiger partial charge >= 0.3 is 0 Å². The van der Waals surface area contributed by atoms with Crippen LogP contribution in [0.5, 0.6) is 0 Å². The number of fused-ring (bicyclic) bond motifs is 5.